The molecular weight excluding hydrogens is 503 g/mol. The highest BCUT2D eigenvalue weighted by Gasteiger charge is 2.13. The van der Waals surface area contributed by atoms with E-state index < -0.39 is 0 Å². The van der Waals surface area contributed by atoms with Crippen molar-refractivity contribution in [1.82, 2.24) is 4.98 Å². The van der Waals surface area contributed by atoms with E-state index in [0.29, 0.717) is 33.0 Å². The SMILES string of the molecule is CCc1cc(Br)c2oc(-c3ccc(NC(=O)COc4ccc(Cl)cc4Cl)cc3)nc2c1. The maximum atomic E-state index is 12.2. The molecule has 8 heteroatoms. The van der Waals surface area contributed by atoms with Gasteiger partial charge in [-0.15, -0.1) is 0 Å². The van der Waals surface area contributed by atoms with Crippen LogP contribution in [0.5, 0.6) is 5.75 Å². The number of aromatic nitrogens is 1. The van der Waals surface area contributed by atoms with Crippen LogP contribution in [0.3, 0.4) is 0 Å². The van der Waals surface area contributed by atoms with Gasteiger partial charge < -0.3 is 14.5 Å². The fourth-order valence-electron chi connectivity index (χ4n) is 3.00. The van der Waals surface area contributed by atoms with Gasteiger partial charge in [-0.05, 0) is 82.5 Å². The lowest BCUT2D eigenvalue weighted by molar-refractivity contribution is -0.118. The number of nitrogens with zero attached hydrogens (tertiary/aromatic N) is 1. The minimum atomic E-state index is -0.309. The standard InChI is InChI=1S/C23H17BrCl2N2O3/c1-2-13-9-17(24)22-19(10-13)28-23(31-22)14-3-6-16(7-4-14)27-21(29)12-30-20-8-5-15(25)11-18(20)26/h3-11H,2,12H2,1H3,(H,27,29). The zero-order valence-corrected chi connectivity index (χ0v) is 19.5. The molecule has 1 aromatic heterocycles. The lowest BCUT2D eigenvalue weighted by Crippen LogP contribution is -2.20. The summed E-state index contributed by atoms with van der Waals surface area (Å²) in [7, 11) is 0. The highest BCUT2D eigenvalue weighted by Crippen LogP contribution is 2.31. The maximum absolute atomic E-state index is 12.2. The van der Waals surface area contributed by atoms with Crippen molar-refractivity contribution in [2.24, 2.45) is 0 Å². The third kappa shape index (κ3) is 5.03. The fourth-order valence-corrected chi connectivity index (χ4v) is 4.04. The number of aryl methyl sites for hydroxylation is 1. The normalized spacial score (nSPS) is 11.0. The van der Waals surface area contributed by atoms with Crippen molar-refractivity contribution in [3.8, 4) is 17.2 Å². The molecule has 5 nitrogen and oxygen atoms in total. The number of anilines is 1. The summed E-state index contributed by atoms with van der Waals surface area (Å²) in [5.41, 5.74) is 4.13. The number of hydrogen-bond donors (Lipinski definition) is 1. The number of oxazole rings is 1. The van der Waals surface area contributed by atoms with Gasteiger partial charge in [0, 0.05) is 16.3 Å². The number of carbonyl (C=O) groups is 1. The van der Waals surface area contributed by atoms with E-state index in [1.165, 1.54) is 5.56 Å². The second-order valence-electron chi connectivity index (χ2n) is 6.79. The smallest absolute Gasteiger partial charge is 0.262 e. The van der Waals surface area contributed by atoms with Gasteiger partial charge in [-0.25, -0.2) is 4.98 Å². The van der Waals surface area contributed by atoms with E-state index in [1.54, 1.807) is 30.3 Å². The first-order chi connectivity index (χ1) is 14.9. The molecule has 1 N–H and O–H groups in total. The van der Waals surface area contributed by atoms with Gasteiger partial charge in [0.05, 0.1) is 9.50 Å². The first-order valence-corrected chi connectivity index (χ1v) is 11.0. The van der Waals surface area contributed by atoms with Crippen molar-refractivity contribution in [3.05, 3.63) is 74.7 Å². The average Bonchev–Trinajstić information content (AvgIpc) is 3.18. The second kappa shape index (κ2) is 9.30. The molecule has 0 spiro atoms. The lowest BCUT2D eigenvalue weighted by atomic mass is 10.1. The van der Waals surface area contributed by atoms with E-state index in [0.717, 1.165) is 22.0 Å². The summed E-state index contributed by atoms with van der Waals surface area (Å²) < 4.78 is 12.3. The van der Waals surface area contributed by atoms with Crippen molar-refractivity contribution in [2.45, 2.75) is 13.3 Å². The highest BCUT2D eigenvalue weighted by molar-refractivity contribution is 9.10. The van der Waals surface area contributed by atoms with Gasteiger partial charge in [-0.2, -0.15) is 0 Å². The minimum Gasteiger partial charge on any atom is -0.482 e. The Bertz CT molecular complexity index is 1260. The molecule has 0 saturated carbocycles. The molecule has 0 fully saturated rings. The highest BCUT2D eigenvalue weighted by atomic mass is 79.9. The van der Waals surface area contributed by atoms with Gasteiger partial charge in [-0.1, -0.05) is 30.1 Å². The fraction of sp³-hybridized carbons (Fsp3) is 0.130. The molecule has 4 rings (SSSR count). The van der Waals surface area contributed by atoms with Crippen LogP contribution in [0.1, 0.15) is 12.5 Å². The molecule has 0 radical (unpaired) electrons. The van der Waals surface area contributed by atoms with Gasteiger partial charge in [0.15, 0.2) is 12.2 Å². The Morgan fingerprint density at radius 2 is 1.90 bits per heavy atom. The van der Waals surface area contributed by atoms with Crippen LogP contribution in [-0.4, -0.2) is 17.5 Å². The van der Waals surface area contributed by atoms with Gasteiger partial charge >= 0.3 is 0 Å². The topological polar surface area (TPSA) is 64.4 Å². The Kier molecular flexibility index (Phi) is 6.51. The molecule has 1 amide bonds. The van der Waals surface area contributed by atoms with Gasteiger partial charge in [0.2, 0.25) is 5.89 Å². The molecule has 31 heavy (non-hydrogen) atoms. The molecule has 0 unspecified atom stereocenters. The Balaban J connectivity index is 1.42. The largest absolute Gasteiger partial charge is 0.482 e. The van der Waals surface area contributed by atoms with Crippen molar-refractivity contribution in [3.63, 3.8) is 0 Å². The van der Waals surface area contributed by atoms with Crippen LogP contribution in [-0.2, 0) is 11.2 Å². The van der Waals surface area contributed by atoms with Crippen LogP contribution in [0, 0.1) is 0 Å². The third-order valence-electron chi connectivity index (χ3n) is 4.58. The average molecular weight is 520 g/mol. The molecule has 0 aliphatic rings. The first kappa shape index (κ1) is 21.7. The lowest BCUT2D eigenvalue weighted by Gasteiger charge is -2.09. The minimum absolute atomic E-state index is 0.179. The number of nitrogens with one attached hydrogen (secondary N) is 1. The van der Waals surface area contributed by atoms with Crippen LogP contribution in [0.4, 0.5) is 5.69 Å². The van der Waals surface area contributed by atoms with Crippen molar-refractivity contribution in [2.75, 3.05) is 11.9 Å². The summed E-state index contributed by atoms with van der Waals surface area (Å²) in [4.78, 5) is 16.8. The predicted molar refractivity (Wildman–Crippen MR) is 127 cm³/mol. The molecule has 0 saturated heterocycles. The molecule has 0 aliphatic carbocycles. The summed E-state index contributed by atoms with van der Waals surface area (Å²) in [6.07, 6.45) is 0.916. The maximum Gasteiger partial charge on any atom is 0.262 e. The van der Waals surface area contributed by atoms with Crippen LogP contribution in [0.25, 0.3) is 22.6 Å². The summed E-state index contributed by atoms with van der Waals surface area (Å²) in [6.45, 7) is 1.92. The Hall–Kier alpha value is -2.54. The van der Waals surface area contributed by atoms with Crippen LogP contribution < -0.4 is 10.1 Å². The Labute approximate surface area is 197 Å². The quantitative estimate of drug-likeness (QED) is 0.294. The third-order valence-corrected chi connectivity index (χ3v) is 5.70. The number of hydrogen-bond acceptors (Lipinski definition) is 4. The van der Waals surface area contributed by atoms with Crippen LogP contribution >= 0.6 is 39.1 Å². The Morgan fingerprint density at radius 1 is 1.13 bits per heavy atom. The molecule has 3 aromatic carbocycles. The van der Waals surface area contributed by atoms with E-state index in [4.69, 9.17) is 32.4 Å². The molecule has 1 heterocycles. The molecule has 158 valence electrons. The van der Waals surface area contributed by atoms with E-state index >= 15 is 0 Å². The van der Waals surface area contributed by atoms with E-state index in [9.17, 15) is 4.79 Å². The van der Waals surface area contributed by atoms with Crippen LogP contribution in [0.15, 0.2) is 63.5 Å². The summed E-state index contributed by atoms with van der Waals surface area (Å²) in [5, 5.41) is 3.63. The number of fused-ring (bicyclic) bond motifs is 1. The molecular formula is C23H17BrCl2N2O3. The number of carbonyl (C=O) groups excluding carboxylic acids is 1. The van der Waals surface area contributed by atoms with Gasteiger partial charge in [-0.3, -0.25) is 4.79 Å². The van der Waals surface area contributed by atoms with Crippen molar-refractivity contribution < 1.29 is 13.9 Å². The zero-order chi connectivity index (χ0) is 22.0. The molecule has 0 aliphatic heterocycles. The van der Waals surface area contributed by atoms with E-state index in [-0.39, 0.29) is 12.5 Å². The summed E-state index contributed by atoms with van der Waals surface area (Å²) in [6, 6.07) is 16.1. The summed E-state index contributed by atoms with van der Waals surface area (Å²) >= 11 is 15.4. The van der Waals surface area contributed by atoms with E-state index in [1.807, 2.05) is 24.3 Å². The molecule has 0 atom stereocenters. The second-order valence-corrected chi connectivity index (χ2v) is 8.49. The zero-order valence-electron chi connectivity index (χ0n) is 16.4. The molecule has 4 aromatic rings. The number of rotatable bonds is 6. The first-order valence-electron chi connectivity index (χ1n) is 9.50. The monoisotopic (exact) mass is 518 g/mol. The number of ether oxygens (including phenoxy) is 1. The number of amides is 1. The van der Waals surface area contributed by atoms with Gasteiger partial charge in [0.1, 0.15) is 11.3 Å². The van der Waals surface area contributed by atoms with Gasteiger partial charge in [0.25, 0.3) is 5.91 Å². The van der Waals surface area contributed by atoms with E-state index in [2.05, 4.69) is 33.2 Å². The van der Waals surface area contributed by atoms with Crippen molar-refractivity contribution in [1.29, 1.82) is 0 Å². The summed E-state index contributed by atoms with van der Waals surface area (Å²) in [5.74, 6) is 0.601. The van der Waals surface area contributed by atoms with Crippen molar-refractivity contribution >= 4 is 61.8 Å². The Morgan fingerprint density at radius 3 is 2.61 bits per heavy atom. The predicted octanol–water partition coefficient (Wildman–Crippen LogP) is 7.14. The number of halogens is 3. The number of benzene rings is 3. The van der Waals surface area contributed by atoms with Crippen LogP contribution in [0.2, 0.25) is 10.0 Å². The molecule has 0 bridgehead atoms.